The van der Waals surface area contributed by atoms with Crippen molar-refractivity contribution < 1.29 is 0 Å². The number of aromatic nitrogens is 2. The molecule has 0 spiro atoms. The molecule has 1 saturated carbocycles. The summed E-state index contributed by atoms with van der Waals surface area (Å²) in [4.78, 5) is 16.4. The highest BCUT2D eigenvalue weighted by atomic mass is 32.1. The third kappa shape index (κ3) is 5.80. The SMILES string of the molecule is CCc1nsc(N2CCN(C(=NC)NCCCN(C)C3CCCCC3)CC2)n1. The first-order chi connectivity index (χ1) is 13.7. The van der Waals surface area contributed by atoms with Crippen molar-refractivity contribution in [2.24, 2.45) is 4.99 Å². The lowest BCUT2D eigenvalue weighted by Gasteiger charge is -2.36. The molecule has 0 bridgehead atoms. The Morgan fingerprint density at radius 2 is 1.96 bits per heavy atom. The van der Waals surface area contributed by atoms with E-state index in [4.69, 9.17) is 0 Å². The Morgan fingerprint density at radius 1 is 1.21 bits per heavy atom. The molecule has 158 valence electrons. The summed E-state index contributed by atoms with van der Waals surface area (Å²) in [6.07, 6.45) is 9.06. The number of guanidine groups is 1. The zero-order valence-electron chi connectivity index (χ0n) is 17.9. The van der Waals surface area contributed by atoms with Crippen LogP contribution < -0.4 is 10.2 Å². The molecule has 1 aromatic heterocycles. The summed E-state index contributed by atoms with van der Waals surface area (Å²) in [5, 5.41) is 4.63. The third-order valence-electron chi connectivity index (χ3n) is 6.00. The van der Waals surface area contributed by atoms with Gasteiger partial charge in [0.15, 0.2) is 5.96 Å². The maximum absolute atomic E-state index is 4.62. The van der Waals surface area contributed by atoms with Crippen LogP contribution in [0.5, 0.6) is 0 Å². The van der Waals surface area contributed by atoms with E-state index in [1.54, 1.807) is 0 Å². The van der Waals surface area contributed by atoms with Crippen LogP contribution in [-0.4, -0.2) is 84.5 Å². The summed E-state index contributed by atoms with van der Waals surface area (Å²) in [5.74, 6) is 1.99. The number of hydrogen-bond donors (Lipinski definition) is 1. The van der Waals surface area contributed by atoms with Gasteiger partial charge in [-0.1, -0.05) is 26.2 Å². The van der Waals surface area contributed by atoms with E-state index in [9.17, 15) is 0 Å². The first-order valence-corrected chi connectivity index (χ1v) is 11.7. The maximum atomic E-state index is 4.62. The molecule has 8 heteroatoms. The second-order valence-corrected chi connectivity index (χ2v) is 8.65. The average molecular weight is 408 g/mol. The summed E-state index contributed by atoms with van der Waals surface area (Å²) in [5.41, 5.74) is 0. The van der Waals surface area contributed by atoms with Gasteiger partial charge < -0.3 is 20.0 Å². The third-order valence-corrected chi connectivity index (χ3v) is 6.82. The van der Waals surface area contributed by atoms with Crippen molar-refractivity contribution in [1.29, 1.82) is 0 Å². The van der Waals surface area contributed by atoms with Crippen molar-refractivity contribution in [2.45, 2.75) is 57.9 Å². The van der Waals surface area contributed by atoms with Crippen LogP contribution in [0.15, 0.2) is 4.99 Å². The molecule has 3 rings (SSSR count). The van der Waals surface area contributed by atoms with Crippen LogP contribution in [0.1, 0.15) is 51.3 Å². The molecule has 1 aliphatic heterocycles. The number of piperazine rings is 1. The Balaban J connectivity index is 1.36. The van der Waals surface area contributed by atoms with Crippen molar-refractivity contribution in [2.75, 3.05) is 58.3 Å². The van der Waals surface area contributed by atoms with E-state index in [1.165, 1.54) is 50.2 Å². The zero-order valence-corrected chi connectivity index (χ0v) is 18.7. The fourth-order valence-electron chi connectivity index (χ4n) is 4.19. The summed E-state index contributed by atoms with van der Waals surface area (Å²) in [7, 11) is 4.18. The van der Waals surface area contributed by atoms with Gasteiger partial charge in [-0.2, -0.15) is 4.37 Å². The van der Waals surface area contributed by atoms with Crippen molar-refractivity contribution in [1.82, 2.24) is 24.5 Å². The Kier molecular flexibility index (Phi) is 8.33. The molecule has 1 aliphatic carbocycles. The van der Waals surface area contributed by atoms with Gasteiger partial charge in [0.1, 0.15) is 5.82 Å². The van der Waals surface area contributed by atoms with E-state index in [0.717, 1.165) is 68.5 Å². The maximum Gasteiger partial charge on any atom is 0.205 e. The highest BCUT2D eigenvalue weighted by Crippen LogP contribution is 2.21. The second-order valence-electron chi connectivity index (χ2n) is 7.92. The van der Waals surface area contributed by atoms with Crippen LogP contribution >= 0.6 is 11.5 Å². The molecule has 0 atom stereocenters. The predicted octanol–water partition coefficient (Wildman–Crippen LogP) is 2.45. The van der Waals surface area contributed by atoms with E-state index in [-0.39, 0.29) is 0 Å². The topological polar surface area (TPSA) is 59.9 Å². The Bertz CT molecular complexity index is 603. The number of aliphatic imine (C=N–C) groups is 1. The van der Waals surface area contributed by atoms with Crippen LogP contribution in [0.3, 0.4) is 0 Å². The fourth-order valence-corrected chi connectivity index (χ4v) is 4.99. The lowest BCUT2D eigenvalue weighted by atomic mass is 9.94. The lowest BCUT2D eigenvalue weighted by Crippen LogP contribution is -2.52. The zero-order chi connectivity index (χ0) is 19.8. The van der Waals surface area contributed by atoms with Gasteiger partial charge >= 0.3 is 0 Å². The Labute approximate surface area is 174 Å². The standard InChI is InChI=1S/C20H37N7S/c1-4-18-23-20(28-24-18)27-15-13-26(14-16-27)19(21-2)22-11-8-12-25(3)17-9-6-5-7-10-17/h17H,4-16H2,1-3H3,(H,21,22). The summed E-state index contributed by atoms with van der Waals surface area (Å²) in [6, 6.07) is 0.801. The van der Waals surface area contributed by atoms with Gasteiger partial charge in [0, 0.05) is 63.8 Å². The largest absolute Gasteiger partial charge is 0.356 e. The normalized spacial score (nSPS) is 19.5. The number of nitrogens with zero attached hydrogens (tertiary/aromatic N) is 6. The van der Waals surface area contributed by atoms with Crippen LogP contribution in [-0.2, 0) is 6.42 Å². The number of hydrogen-bond acceptors (Lipinski definition) is 6. The Morgan fingerprint density at radius 3 is 2.61 bits per heavy atom. The first kappa shape index (κ1) is 21.3. The van der Waals surface area contributed by atoms with E-state index < -0.39 is 0 Å². The van der Waals surface area contributed by atoms with E-state index >= 15 is 0 Å². The number of nitrogens with one attached hydrogen (secondary N) is 1. The van der Waals surface area contributed by atoms with E-state index in [1.807, 2.05) is 7.05 Å². The lowest BCUT2D eigenvalue weighted by molar-refractivity contribution is 0.190. The van der Waals surface area contributed by atoms with E-state index in [2.05, 4.69) is 48.3 Å². The van der Waals surface area contributed by atoms with Crippen LogP contribution in [0, 0.1) is 0 Å². The molecule has 0 radical (unpaired) electrons. The van der Waals surface area contributed by atoms with Gasteiger partial charge in [-0.05, 0) is 32.9 Å². The van der Waals surface area contributed by atoms with Crippen molar-refractivity contribution in [3.8, 4) is 0 Å². The molecule has 1 aromatic rings. The van der Waals surface area contributed by atoms with Gasteiger partial charge in [0.25, 0.3) is 0 Å². The van der Waals surface area contributed by atoms with Gasteiger partial charge in [-0.25, -0.2) is 4.98 Å². The summed E-state index contributed by atoms with van der Waals surface area (Å²) < 4.78 is 4.41. The molecule has 0 amide bonds. The van der Waals surface area contributed by atoms with Crippen molar-refractivity contribution >= 4 is 22.6 Å². The molecule has 2 aliphatic rings. The van der Waals surface area contributed by atoms with Gasteiger partial charge in [-0.3, -0.25) is 4.99 Å². The molecular weight excluding hydrogens is 370 g/mol. The summed E-state index contributed by atoms with van der Waals surface area (Å²) in [6.45, 7) is 8.16. The smallest absolute Gasteiger partial charge is 0.205 e. The molecule has 2 fully saturated rings. The van der Waals surface area contributed by atoms with Gasteiger partial charge in [-0.15, -0.1) is 0 Å². The van der Waals surface area contributed by atoms with E-state index in [0.29, 0.717) is 0 Å². The average Bonchev–Trinajstić information content (AvgIpc) is 3.24. The first-order valence-electron chi connectivity index (χ1n) is 10.9. The van der Waals surface area contributed by atoms with Crippen LogP contribution in [0.4, 0.5) is 5.13 Å². The molecule has 0 unspecified atom stereocenters. The number of aryl methyl sites for hydroxylation is 1. The minimum atomic E-state index is 0.801. The molecular formula is C20H37N7S. The molecule has 28 heavy (non-hydrogen) atoms. The highest BCUT2D eigenvalue weighted by molar-refractivity contribution is 7.09. The molecule has 7 nitrogen and oxygen atoms in total. The highest BCUT2D eigenvalue weighted by Gasteiger charge is 2.22. The van der Waals surface area contributed by atoms with Crippen LogP contribution in [0.25, 0.3) is 0 Å². The minimum absolute atomic E-state index is 0.801. The van der Waals surface area contributed by atoms with Crippen molar-refractivity contribution in [3.63, 3.8) is 0 Å². The quantitative estimate of drug-likeness (QED) is 0.426. The monoisotopic (exact) mass is 407 g/mol. The van der Waals surface area contributed by atoms with Crippen LogP contribution in [0.2, 0.25) is 0 Å². The van der Waals surface area contributed by atoms with Gasteiger partial charge in [0.05, 0.1) is 0 Å². The molecule has 1 N–H and O–H groups in total. The molecule has 2 heterocycles. The minimum Gasteiger partial charge on any atom is -0.356 e. The number of rotatable bonds is 7. The Hall–Kier alpha value is -1.41. The number of anilines is 1. The second kappa shape index (κ2) is 11.0. The molecule has 1 saturated heterocycles. The fraction of sp³-hybridized carbons (Fsp3) is 0.850. The molecule has 0 aromatic carbocycles. The van der Waals surface area contributed by atoms with Crippen molar-refractivity contribution in [3.05, 3.63) is 5.82 Å². The predicted molar refractivity (Wildman–Crippen MR) is 119 cm³/mol. The van der Waals surface area contributed by atoms with Gasteiger partial charge in [0.2, 0.25) is 5.13 Å². The summed E-state index contributed by atoms with van der Waals surface area (Å²) >= 11 is 1.52.